The number of hydrogen-bond acceptors (Lipinski definition) is 9. The minimum absolute atomic E-state index is 0.0509. The number of thioether (sulfide) groups is 1. The van der Waals surface area contributed by atoms with E-state index in [0.717, 1.165) is 11.8 Å². The maximum atomic E-state index is 13.8. The second-order valence-corrected chi connectivity index (χ2v) is 11.8. The second-order valence-electron chi connectivity index (χ2n) is 10.8. The van der Waals surface area contributed by atoms with Gasteiger partial charge in [0.15, 0.2) is 5.69 Å². The standard InChI is InChI=1S/C31H37N5O5S/c1-31(2,3)41-30(39)34-24(21-42-27-25(29(38)40-4)32-15-16-33-27)28(37)36-19-17-35(18-20-36)26(22-11-7-5-8-12-22)23-13-9-6-10-14-23/h5-16,24,26H,17-21H2,1-4H3,(H,34,39)/t24-/m0/s1. The van der Waals surface area contributed by atoms with Gasteiger partial charge >= 0.3 is 12.1 Å². The molecule has 2 aromatic carbocycles. The van der Waals surface area contributed by atoms with Gasteiger partial charge in [0, 0.05) is 44.3 Å². The normalized spacial score (nSPS) is 14.7. The van der Waals surface area contributed by atoms with Gasteiger partial charge in [0.2, 0.25) is 5.91 Å². The lowest BCUT2D eigenvalue weighted by Gasteiger charge is -2.40. The summed E-state index contributed by atoms with van der Waals surface area (Å²) in [5.41, 5.74) is 1.70. The van der Waals surface area contributed by atoms with Crippen molar-refractivity contribution in [1.82, 2.24) is 25.1 Å². The van der Waals surface area contributed by atoms with Crippen LogP contribution < -0.4 is 5.32 Å². The van der Waals surface area contributed by atoms with Gasteiger partial charge in [-0.2, -0.15) is 0 Å². The van der Waals surface area contributed by atoms with E-state index in [4.69, 9.17) is 9.47 Å². The third-order valence-corrected chi connectivity index (χ3v) is 7.71. The Morgan fingerprint density at radius 2 is 1.48 bits per heavy atom. The zero-order valence-electron chi connectivity index (χ0n) is 24.4. The molecule has 10 nitrogen and oxygen atoms in total. The van der Waals surface area contributed by atoms with Crippen LogP contribution in [-0.2, 0) is 14.3 Å². The fraction of sp³-hybridized carbons (Fsp3) is 0.387. The van der Waals surface area contributed by atoms with Crippen molar-refractivity contribution in [3.8, 4) is 0 Å². The highest BCUT2D eigenvalue weighted by atomic mass is 32.2. The molecule has 1 aromatic heterocycles. The first-order valence-corrected chi connectivity index (χ1v) is 14.8. The van der Waals surface area contributed by atoms with Gasteiger partial charge in [-0.1, -0.05) is 60.7 Å². The van der Waals surface area contributed by atoms with Crippen LogP contribution in [0.2, 0.25) is 0 Å². The summed E-state index contributed by atoms with van der Waals surface area (Å²) >= 11 is 1.15. The Hall–Kier alpha value is -3.96. The van der Waals surface area contributed by atoms with Gasteiger partial charge in [-0.05, 0) is 31.9 Å². The molecule has 2 heterocycles. The Bertz CT molecular complexity index is 1310. The van der Waals surface area contributed by atoms with Crippen molar-refractivity contribution in [2.75, 3.05) is 39.0 Å². The number of nitrogens with zero attached hydrogens (tertiary/aromatic N) is 4. The number of carbonyl (C=O) groups excluding carboxylic acids is 3. The molecule has 1 saturated heterocycles. The predicted octanol–water partition coefficient (Wildman–Crippen LogP) is 4.18. The monoisotopic (exact) mass is 591 g/mol. The lowest BCUT2D eigenvalue weighted by molar-refractivity contribution is -0.134. The highest BCUT2D eigenvalue weighted by Gasteiger charge is 2.33. The first kappa shape index (κ1) is 31.0. The van der Waals surface area contributed by atoms with E-state index < -0.39 is 23.7 Å². The lowest BCUT2D eigenvalue weighted by Crippen LogP contribution is -2.56. The highest BCUT2D eigenvalue weighted by Crippen LogP contribution is 2.30. The van der Waals surface area contributed by atoms with Crippen LogP contribution in [0, 0.1) is 0 Å². The van der Waals surface area contributed by atoms with Crippen molar-refractivity contribution in [3.05, 3.63) is 89.9 Å². The Morgan fingerprint density at radius 1 is 0.905 bits per heavy atom. The van der Waals surface area contributed by atoms with Crippen molar-refractivity contribution in [2.24, 2.45) is 0 Å². The van der Waals surface area contributed by atoms with Gasteiger partial charge in [-0.25, -0.2) is 19.6 Å². The average molecular weight is 592 g/mol. The average Bonchev–Trinajstić information content (AvgIpc) is 2.99. The van der Waals surface area contributed by atoms with Crippen molar-refractivity contribution >= 4 is 29.7 Å². The van der Waals surface area contributed by atoms with E-state index in [0.29, 0.717) is 31.2 Å². The summed E-state index contributed by atoms with van der Waals surface area (Å²) < 4.78 is 10.3. The summed E-state index contributed by atoms with van der Waals surface area (Å²) in [6.07, 6.45) is 2.16. The Labute approximate surface area is 250 Å². The molecule has 3 aromatic rings. The molecular weight excluding hydrogens is 554 g/mol. The number of nitrogens with one attached hydrogen (secondary N) is 1. The Kier molecular flexibility index (Phi) is 10.5. The van der Waals surface area contributed by atoms with E-state index in [1.807, 2.05) is 36.4 Å². The summed E-state index contributed by atoms with van der Waals surface area (Å²) in [5.74, 6) is -0.735. The van der Waals surface area contributed by atoms with Crippen LogP contribution in [0.15, 0.2) is 78.1 Å². The molecule has 42 heavy (non-hydrogen) atoms. The minimum atomic E-state index is -0.914. The topological polar surface area (TPSA) is 114 Å². The number of piperazine rings is 1. The summed E-state index contributed by atoms with van der Waals surface area (Å²) in [6.45, 7) is 7.57. The van der Waals surface area contributed by atoms with Crippen LogP contribution in [0.3, 0.4) is 0 Å². The molecule has 0 radical (unpaired) electrons. The number of rotatable bonds is 9. The van der Waals surface area contributed by atoms with Gasteiger partial charge < -0.3 is 19.7 Å². The lowest BCUT2D eigenvalue weighted by atomic mass is 9.96. The van der Waals surface area contributed by atoms with Crippen molar-refractivity contribution in [3.63, 3.8) is 0 Å². The number of methoxy groups -OCH3 is 1. The van der Waals surface area contributed by atoms with E-state index in [9.17, 15) is 14.4 Å². The first-order chi connectivity index (χ1) is 20.2. The van der Waals surface area contributed by atoms with E-state index in [1.165, 1.54) is 30.6 Å². The maximum absolute atomic E-state index is 13.8. The minimum Gasteiger partial charge on any atom is -0.464 e. The summed E-state index contributed by atoms with van der Waals surface area (Å²) in [5, 5.41) is 3.05. The van der Waals surface area contributed by atoms with Crippen LogP contribution in [0.4, 0.5) is 4.79 Å². The third kappa shape index (κ3) is 8.29. The van der Waals surface area contributed by atoms with Crippen LogP contribution in [0.1, 0.15) is 48.4 Å². The number of carbonyl (C=O) groups is 3. The molecule has 0 spiro atoms. The summed E-state index contributed by atoms with van der Waals surface area (Å²) in [6, 6.07) is 19.8. The van der Waals surface area contributed by atoms with E-state index in [-0.39, 0.29) is 23.4 Å². The molecule has 222 valence electrons. The molecule has 0 saturated carbocycles. The fourth-order valence-corrected chi connectivity index (χ4v) is 5.72. The van der Waals surface area contributed by atoms with Gasteiger partial charge in [0.25, 0.3) is 0 Å². The van der Waals surface area contributed by atoms with Gasteiger partial charge in [-0.3, -0.25) is 9.69 Å². The molecule has 4 rings (SSSR count). The Balaban J connectivity index is 1.49. The zero-order chi connectivity index (χ0) is 30.1. The van der Waals surface area contributed by atoms with Gasteiger partial charge in [0.05, 0.1) is 13.2 Å². The maximum Gasteiger partial charge on any atom is 0.408 e. The number of aromatic nitrogens is 2. The summed E-state index contributed by atoms with van der Waals surface area (Å²) in [7, 11) is 1.27. The smallest absolute Gasteiger partial charge is 0.408 e. The number of ether oxygens (including phenoxy) is 2. The number of benzene rings is 2. The Morgan fingerprint density at radius 3 is 2.02 bits per heavy atom. The quantitative estimate of drug-likeness (QED) is 0.289. The molecule has 1 aliphatic heterocycles. The second kappa shape index (κ2) is 14.3. The van der Waals surface area contributed by atoms with Crippen molar-refractivity contribution in [2.45, 2.75) is 43.5 Å². The molecule has 0 bridgehead atoms. The summed E-state index contributed by atoms with van der Waals surface area (Å²) in [4.78, 5) is 51.2. The van der Waals surface area contributed by atoms with Crippen LogP contribution in [0.25, 0.3) is 0 Å². The highest BCUT2D eigenvalue weighted by molar-refractivity contribution is 7.99. The number of esters is 1. The molecule has 1 aliphatic rings. The molecule has 0 unspecified atom stereocenters. The molecule has 1 atom stereocenters. The molecule has 1 fully saturated rings. The zero-order valence-corrected chi connectivity index (χ0v) is 25.2. The predicted molar refractivity (Wildman–Crippen MR) is 160 cm³/mol. The first-order valence-electron chi connectivity index (χ1n) is 13.8. The fourth-order valence-electron chi connectivity index (χ4n) is 4.76. The number of amides is 2. The molecule has 11 heteroatoms. The molecule has 1 N–H and O–H groups in total. The number of alkyl carbamates (subject to hydrolysis) is 1. The van der Waals surface area contributed by atoms with Gasteiger partial charge in [0.1, 0.15) is 16.7 Å². The van der Waals surface area contributed by atoms with Crippen LogP contribution >= 0.6 is 11.8 Å². The van der Waals surface area contributed by atoms with Crippen LogP contribution in [0.5, 0.6) is 0 Å². The van der Waals surface area contributed by atoms with Crippen molar-refractivity contribution in [1.29, 1.82) is 0 Å². The van der Waals surface area contributed by atoms with E-state index in [1.54, 1.807) is 25.7 Å². The van der Waals surface area contributed by atoms with Crippen molar-refractivity contribution < 1.29 is 23.9 Å². The molecular formula is C31H37N5O5S. The third-order valence-electron chi connectivity index (χ3n) is 6.64. The van der Waals surface area contributed by atoms with Crippen LogP contribution in [-0.4, -0.2) is 88.4 Å². The SMILES string of the molecule is COC(=O)c1nccnc1SC[C@H](NC(=O)OC(C)(C)C)C(=O)N1CCN(C(c2ccccc2)c2ccccc2)CC1. The van der Waals surface area contributed by atoms with E-state index >= 15 is 0 Å². The van der Waals surface area contributed by atoms with E-state index in [2.05, 4.69) is 44.5 Å². The number of hydrogen-bond donors (Lipinski definition) is 1. The molecule has 0 aliphatic carbocycles. The largest absolute Gasteiger partial charge is 0.464 e. The van der Waals surface area contributed by atoms with Gasteiger partial charge in [-0.15, -0.1) is 11.8 Å². The molecule has 2 amide bonds.